The SMILES string of the molecule is CCCNC(C)(CO)CCN1CCN(C2CCCC2)CC1. The van der Waals surface area contributed by atoms with E-state index in [0.717, 1.165) is 32.0 Å². The minimum Gasteiger partial charge on any atom is -0.394 e. The second-order valence-corrected chi connectivity index (χ2v) is 7.21. The first kappa shape index (κ1) is 17.2. The Kier molecular flexibility index (Phi) is 6.93. The molecule has 4 nitrogen and oxygen atoms in total. The van der Waals surface area contributed by atoms with Gasteiger partial charge in [0.15, 0.2) is 0 Å². The third kappa shape index (κ3) is 5.20. The lowest BCUT2D eigenvalue weighted by Gasteiger charge is -2.39. The molecule has 0 aromatic heterocycles. The van der Waals surface area contributed by atoms with E-state index in [1.54, 1.807) is 0 Å². The average Bonchev–Trinajstić information content (AvgIpc) is 3.06. The summed E-state index contributed by atoms with van der Waals surface area (Å²) in [4.78, 5) is 5.29. The number of aliphatic hydroxyl groups excluding tert-OH is 1. The summed E-state index contributed by atoms with van der Waals surface area (Å²) in [5.74, 6) is 0. The zero-order valence-electron chi connectivity index (χ0n) is 14.1. The van der Waals surface area contributed by atoms with E-state index in [4.69, 9.17) is 0 Å². The number of rotatable bonds is 8. The van der Waals surface area contributed by atoms with E-state index in [1.165, 1.54) is 51.9 Å². The van der Waals surface area contributed by atoms with E-state index >= 15 is 0 Å². The van der Waals surface area contributed by atoms with Gasteiger partial charge in [-0.15, -0.1) is 0 Å². The fraction of sp³-hybridized carbons (Fsp3) is 1.00. The van der Waals surface area contributed by atoms with Gasteiger partial charge < -0.3 is 15.3 Å². The van der Waals surface area contributed by atoms with Crippen LogP contribution in [0.3, 0.4) is 0 Å². The first-order chi connectivity index (χ1) is 10.2. The van der Waals surface area contributed by atoms with Crippen LogP contribution in [0.2, 0.25) is 0 Å². The lowest BCUT2D eigenvalue weighted by atomic mass is 9.98. The number of piperazine rings is 1. The van der Waals surface area contributed by atoms with Crippen LogP contribution in [0.4, 0.5) is 0 Å². The van der Waals surface area contributed by atoms with Crippen LogP contribution in [0.5, 0.6) is 0 Å². The highest BCUT2D eigenvalue weighted by Crippen LogP contribution is 2.24. The standard InChI is InChI=1S/C17H35N3O/c1-3-9-18-17(2,15-21)8-10-19-11-13-20(14-12-19)16-6-4-5-7-16/h16,18,21H,3-15H2,1-2H3. The van der Waals surface area contributed by atoms with Gasteiger partial charge >= 0.3 is 0 Å². The van der Waals surface area contributed by atoms with Gasteiger partial charge in [-0.1, -0.05) is 19.8 Å². The molecule has 2 aliphatic rings. The van der Waals surface area contributed by atoms with Crippen molar-refractivity contribution in [3.05, 3.63) is 0 Å². The van der Waals surface area contributed by atoms with Crippen LogP contribution in [0.25, 0.3) is 0 Å². The van der Waals surface area contributed by atoms with Crippen LogP contribution in [0.1, 0.15) is 52.4 Å². The van der Waals surface area contributed by atoms with Gasteiger partial charge in [-0.25, -0.2) is 0 Å². The number of nitrogens with zero attached hydrogens (tertiary/aromatic N) is 2. The molecule has 2 rings (SSSR count). The van der Waals surface area contributed by atoms with Gasteiger partial charge in [-0.2, -0.15) is 0 Å². The molecule has 1 saturated carbocycles. The van der Waals surface area contributed by atoms with Crippen LogP contribution in [0, 0.1) is 0 Å². The van der Waals surface area contributed by atoms with Gasteiger partial charge in [-0.05, 0) is 39.2 Å². The molecule has 1 aliphatic heterocycles. The molecule has 1 heterocycles. The monoisotopic (exact) mass is 297 g/mol. The topological polar surface area (TPSA) is 38.7 Å². The summed E-state index contributed by atoms with van der Waals surface area (Å²) in [5.41, 5.74) is -0.113. The van der Waals surface area contributed by atoms with Crippen molar-refractivity contribution in [2.24, 2.45) is 0 Å². The molecule has 124 valence electrons. The minimum atomic E-state index is -0.113. The van der Waals surface area contributed by atoms with Gasteiger partial charge in [0.05, 0.1) is 6.61 Å². The molecule has 2 fully saturated rings. The summed E-state index contributed by atoms with van der Waals surface area (Å²) in [7, 11) is 0. The molecule has 21 heavy (non-hydrogen) atoms. The highest BCUT2D eigenvalue weighted by molar-refractivity contribution is 4.86. The molecule has 0 aromatic rings. The fourth-order valence-corrected chi connectivity index (χ4v) is 3.68. The van der Waals surface area contributed by atoms with Crippen molar-refractivity contribution in [1.29, 1.82) is 0 Å². The molecule has 0 radical (unpaired) electrons. The molecule has 0 aromatic carbocycles. The van der Waals surface area contributed by atoms with E-state index < -0.39 is 0 Å². The van der Waals surface area contributed by atoms with Crippen LogP contribution < -0.4 is 5.32 Å². The van der Waals surface area contributed by atoms with Crippen LogP contribution >= 0.6 is 0 Å². The van der Waals surface area contributed by atoms with E-state index in [9.17, 15) is 5.11 Å². The number of hydrogen-bond donors (Lipinski definition) is 2. The third-order valence-electron chi connectivity index (χ3n) is 5.38. The minimum absolute atomic E-state index is 0.113. The molecule has 0 spiro atoms. The van der Waals surface area contributed by atoms with Crippen LogP contribution in [0.15, 0.2) is 0 Å². The summed E-state index contributed by atoms with van der Waals surface area (Å²) in [5, 5.41) is 13.1. The third-order valence-corrected chi connectivity index (χ3v) is 5.38. The van der Waals surface area contributed by atoms with E-state index in [-0.39, 0.29) is 12.1 Å². The molecular formula is C17H35N3O. The largest absolute Gasteiger partial charge is 0.394 e. The van der Waals surface area contributed by atoms with Gasteiger partial charge in [0, 0.05) is 44.3 Å². The zero-order valence-corrected chi connectivity index (χ0v) is 14.1. The summed E-state index contributed by atoms with van der Waals surface area (Å²) >= 11 is 0. The quantitative estimate of drug-likeness (QED) is 0.715. The van der Waals surface area contributed by atoms with Crippen molar-refractivity contribution in [3.8, 4) is 0 Å². The van der Waals surface area contributed by atoms with E-state index in [1.807, 2.05) is 0 Å². The molecule has 2 N–H and O–H groups in total. The Hall–Kier alpha value is -0.160. The Morgan fingerprint density at radius 3 is 2.38 bits per heavy atom. The summed E-state index contributed by atoms with van der Waals surface area (Å²) in [6, 6.07) is 0.876. The first-order valence-corrected chi connectivity index (χ1v) is 8.99. The molecule has 0 bridgehead atoms. The Morgan fingerprint density at radius 2 is 1.81 bits per heavy atom. The predicted molar refractivity (Wildman–Crippen MR) is 88.7 cm³/mol. The van der Waals surface area contributed by atoms with Gasteiger partial charge in [0.1, 0.15) is 0 Å². The molecule has 1 aliphatic carbocycles. The molecule has 0 amide bonds. The van der Waals surface area contributed by atoms with Gasteiger partial charge in [-0.3, -0.25) is 4.90 Å². The highest BCUT2D eigenvalue weighted by Gasteiger charge is 2.28. The van der Waals surface area contributed by atoms with E-state index in [2.05, 4.69) is 29.0 Å². The first-order valence-electron chi connectivity index (χ1n) is 8.99. The van der Waals surface area contributed by atoms with Crippen LogP contribution in [-0.2, 0) is 0 Å². The number of hydrogen-bond acceptors (Lipinski definition) is 4. The maximum absolute atomic E-state index is 9.64. The summed E-state index contributed by atoms with van der Waals surface area (Å²) < 4.78 is 0. The lowest BCUT2D eigenvalue weighted by molar-refractivity contribution is 0.0835. The van der Waals surface area contributed by atoms with Crippen molar-refractivity contribution in [2.45, 2.75) is 64.0 Å². The zero-order chi connectivity index (χ0) is 15.1. The normalized spacial score (nSPS) is 25.3. The Labute approximate surface area is 130 Å². The number of aliphatic hydroxyl groups is 1. The van der Waals surface area contributed by atoms with Crippen molar-refractivity contribution < 1.29 is 5.11 Å². The van der Waals surface area contributed by atoms with E-state index in [0.29, 0.717) is 0 Å². The van der Waals surface area contributed by atoms with Crippen molar-refractivity contribution >= 4 is 0 Å². The predicted octanol–water partition coefficient (Wildman–Crippen LogP) is 1.69. The maximum atomic E-state index is 9.64. The fourth-order valence-electron chi connectivity index (χ4n) is 3.68. The molecule has 1 atom stereocenters. The van der Waals surface area contributed by atoms with Crippen molar-refractivity contribution in [3.63, 3.8) is 0 Å². The summed E-state index contributed by atoms with van der Waals surface area (Å²) in [6.45, 7) is 11.5. The van der Waals surface area contributed by atoms with Gasteiger partial charge in [0.25, 0.3) is 0 Å². The Morgan fingerprint density at radius 1 is 1.14 bits per heavy atom. The number of nitrogens with one attached hydrogen (secondary N) is 1. The highest BCUT2D eigenvalue weighted by atomic mass is 16.3. The van der Waals surface area contributed by atoms with Gasteiger partial charge in [0.2, 0.25) is 0 Å². The Balaban J connectivity index is 1.67. The smallest absolute Gasteiger partial charge is 0.0611 e. The average molecular weight is 297 g/mol. The summed E-state index contributed by atoms with van der Waals surface area (Å²) in [6.07, 6.45) is 7.86. The second kappa shape index (κ2) is 8.47. The lowest BCUT2D eigenvalue weighted by Crippen LogP contribution is -2.52. The molecule has 1 unspecified atom stereocenters. The van der Waals surface area contributed by atoms with Crippen molar-refractivity contribution in [2.75, 3.05) is 45.9 Å². The molecular weight excluding hydrogens is 262 g/mol. The molecule has 4 heteroatoms. The molecule has 1 saturated heterocycles. The second-order valence-electron chi connectivity index (χ2n) is 7.21. The Bertz CT molecular complexity index is 286. The maximum Gasteiger partial charge on any atom is 0.0611 e. The van der Waals surface area contributed by atoms with Crippen molar-refractivity contribution in [1.82, 2.24) is 15.1 Å². The van der Waals surface area contributed by atoms with Crippen LogP contribution in [-0.4, -0.2) is 72.4 Å².